The van der Waals surface area contributed by atoms with Crippen LogP contribution in [0.25, 0.3) is 0 Å². The van der Waals surface area contributed by atoms with Gasteiger partial charge in [-0.05, 0) is 12.5 Å². The van der Waals surface area contributed by atoms with Gasteiger partial charge in [-0.15, -0.1) is 0 Å². The standard InChI is InChI=1S/C16H17N5O2/c1-12-15(20-23-19-12)7-16(22)17-8-14-9-18-21(11-14)10-13-5-3-2-4-6-13/h2-6,9,11H,7-8,10H2,1H3,(H,17,22). The van der Waals surface area contributed by atoms with Crippen molar-refractivity contribution in [1.82, 2.24) is 25.4 Å². The van der Waals surface area contributed by atoms with Crippen LogP contribution < -0.4 is 5.32 Å². The van der Waals surface area contributed by atoms with E-state index in [1.54, 1.807) is 13.1 Å². The van der Waals surface area contributed by atoms with Gasteiger partial charge in [0, 0.05) is 18.3 Å². The summed E-state index contributed by atoms with van der Waals surface area (Å²) < 4.78 is 6.43. The van der Waals surface area contributed by atoms with Gasteiger partial charge in [-0.3, -0.25) is 9.48 Å². The van der Waals surface area contributed by atoms with Crippen LogP contribution in [0.4, 0.5) is 0 Å². The Morgan fingerprint density at radius 1 is 1.22 bits per heavy atom. The number of aromatic nitrogens is 4. The lowest BCUT2D eigenvalue weighted by atomic mass is 10.2. The van der Waals surface area contributed by atoms with Crippen LogP contribution >= 0.6 is 0 Å². The molecule has 7 heteroatoms. The number of benzene rings is 1. The second kappa shape index (κ2) is 6.87. The predicted octanol–water partition coefficient (Wildman–Crippen LogP) is 1.48. The van der Waals surface area contributed by atoms with Crippen molar-refractivity contribution in [2.45, 2.75) is 26.4 Å². The van der Waals surface area contributed by atoms with Gasteiger partial charge in [0.05, 0.1) is 19.2 Å². The Morgan fingerprint density at radius 2 is 2.04 bits per heavy atom. The summed E-state index contributed by atoms with van der Waals surface area (Å²) in [6, 6.07) is 10.1. The van der Waals surface area contributed by atoms with E-state index in [0.29, 0.717) is 24.5 Å². The number of carbonyl (C=O) groups excluding carboxylic acids is 1. The summed E-state index contributed by atoms with van der Waals surface area (Å²) >= 11 is 0. The Labute approximate surface area is 133 Å². The molecular formula is C16H17N5O2. The van der Waals surface area contributed by atoms with Crippen molar-refractivity contribution in [3.8, 4) is 0 Å². The van der Waals surface area contributed by atoms with E-state index in [1.165, 1.54) is 5.56 Å². The third-order valence-corrected chi connectivity index (χ3v) is 3.44. The van der Waals surface area contributed by atoms with Gasteiger partial charge in [-0.2, -0.15) is 5.10 Å². The molecule has 0 unspecified atom stereocenters. The van der Waals surface area contributed by atoms with Crippen molar-refractivity contribution >= 4 is 5.91 Å². The first-order chi connectivity index (χ1) is 11.2. The molecule has 3 rings (SSSR count). The van der Waals surface area contributed by atoms with Crippen LogP contribution in [0, 0.1) is 6.92 Å². The zero-order chi connectivity index (χ0) is 16.1. The normalized spacial score (nSPS) is 10.7. The molecule has 3 aromatic rings. The molecule has 0 spiro atoms. The van der Waals surface area contributed by atoms with Crippen LogP contribution in [0.5, 0.6) is 0 Å². The molecule has 2 aromatic heterocycles. The number of hydrogen-bond donors (Lipinski definition) is 1. The molecule has 0 fully saturated rings. The predicted molar refractivity (Wildman–Crippen MR) is 82.4 cm³/mol. The van der Waals surface area contributed by atoms with Crippen molar-refractivity contribution in [1.29, 1.82) is 0 Å². The number of aryl methyl sites for hydroxylation is 1. The number of carbonyl (C=O) groups is 1. The van der Waals surface area contributed by atoms with E-state index in [2.05, 4.69) is 37.5 Å². The van der Waals surface area contributed by atoms with Gasteiger partial charge in [-0.25, -0.2) is 4.63 Å². The lowest BCUT2D eigenvalue weighted by Crippen LogP contribution is -2.24. The highest BCUT2D eigenvalue weighted by Crippen LogP contribution is 2.05. The van der Waals surface area contributed by atoms with E-state index in [1.807, 2.05) is 29.1 Å². The van der Waals surface area contributed by atoms with Gasteiger partial charge in [0.1, 0.15) is 11.4 Å². The second-order valence-corrected chi connectivity index (χ2v) is 5.28. The maximum Gasteiger partial charge on any atom is 0.226 e. The maximum absolute atomic E-state index is 11.9. The lowest BCUT2D eigenvalue weighted by Gasteiger charge is -2.02. The molecule has 1 amide bonds. The van der Waals surface area contributed by atoms with Crippen LogP contribution in [-0.4, -0.2) is 26.0 Å². The minimum absolute atomic E-state index is 0.125. The fraction of sp³-hybridized carbons (Fsp3) is 0.250. The Morgan fingerprint density at radius 3 is 2.78 bits per heavy atom. The van der Waals surface area contributed by atoms with Gasteiger partial charge < -0.3 is 5.32 Å². The van der Waals surface area contributed by atoms with Crippen LogP contribution in [0.1, 0.15) is 22.5 Å². The molecule has 118 valence electrons. The molecule has 1 aromatic carbocycles. The molecule has 0 saturated heterocycles. The number of hydrogen-bond acceptors (Lipinski definition) is 5. The van der Waals surface area contributed by atoms with Gasteiger partial charge in [0.15, 0.2) is 0 Å². The van der Waals surface area contributed by atoms with Gasteiger partial charge in [0.25, 0.3) is 0 Å². The van der Waals surface area contributed by atoms with Crippen LogP contribution in [-0.2, 0) is 24.3 Å². The number of nitrogens with one attached hydrogen (secondary N) is 1. The zero-order valence-electron chi connectivity index (χ0n) is 12.8. The number of amides is 1. The SMILES string of the molecule is Cc1nonc1CC(=O)NCc1cnn(Cc2ccccc2)c1. The fourth-order valence-corrected chi connectivity index (χ4v) is 2.18. The highest BCUT2D eigenvalue weighted by Gasteiger charge is 2.11. The van der Waals surface area contributed by atoms with Crippen molar-refractivity contribution in [2.75, 3.05) is 0 Å². The first-order valence-corrected chi connectivity index (χ1v) is 7.30. The average Bonchev–Trinajstić information content (AvgIpc) is 3.16. The average molecular weight is 311 g/mol. The Balaban J connectivity index is 1.51. The summed E-state index contributed by atoms with van der Waals surface area (Å²) in [5, 5.41) is 14.5. The molecule has 0 radical (unpaired) electrons. The van der Waals surface area contributed by atoms with Crippen molar-refractivity contribution in [3.05, 3.63) is 65.2 Å². The summed E-state index contributed by atoms with van der Waals surface area (Å²) in [7, 11) is 0. The molecule has 2 heterocycles. The minimum atomic E-state index is -0.125. The van der Waals surface area contributed by atoms with Crippen LogP contribution in [0.3, 0.4) is 0 Å². The largest absolute Gasteiger partial charge is 0.352 e. The van der Waals surface area contributed by atoms with Gasteiger partial charge >= 0.3 is 0 Å². The van der Waals surface area contributed by atoms with Gasteiger partial charge in [-0.1, -0.05) is 40.6 Å². The summed E-state index contributed by atoms with van der Waals surface area (Å²) in [5.41, 5.74) is 3.32. The molecule has 0 bridgehead atoms. The first-order valence-electron chi connectivity index (χ1n) is 7.30. The van der Waals surface area contributed by atoms with E-state index in [9.17, 15) is 4.79 Å². The van der Waals surface area contributed by atoms with Gasteiger partial charge in [0.2, 0.25) is 5.91 Å². The highest BCUT2D eigenvalue weighted by atomic mass is 16.6. The summed E-state index contributed by atoms with van der Waals surface area (Å²) in [6.45, 7) is 2.89. The van der Waals surface area contributed by atoms with E-state index in [-0.39, 0.29) is 12.3 Å². The fourth-order valence-electron chi connectivity index (χ4n) is 2.18. The quantitative estimate of drug-likeness (QED) is 0.745. The molecule has 0 saturated carbocycles. The molecular weight excluding hydrogens is 294 g/mol. The Kier molecular flexibility index (Phi) is 4.46. The highest BCUT2D eigenvalue weighted by molar-refractivity contribution is 5.78. The molecule has 1 N–H and O–H groups in total. The minimum Gasteiger partial charge on any atom is -0.352 e. The molecule has 0 aliphatic heterocycles. The Hall–Kier alpha value is -2.96. The van der Waals surface area contributed by atoms with E-state index >= 15 is 0 Å². The first kappa shape index (κ1) is 15.0. The summed E-state index contributed by atoms with van der Waals surface area (Å²) in [5.74, 6) is -0.125. The Bertz CT molecular complexity index is 779. The maximum atomic E-state index is 11.9. The van der Waals surface area contributed by atoms with Crippen LogP contribution in [0.15, 0.2) is 47.4 Å². The summed E-state index contributed by atoms with van der Waals surface area (Å²) in [4.78, 5) is 11.9. The van der Waals surface area contributed by atoms with E-state index in [0.717, 1.165) is 5.56 Å². The monoisotopic (exact) mass is 311 g/mol. The number of rotatable bonds is 6. The summed E-state index contributed by atoms with van der Waals surface area (Å²) in [6.07, 6.45) is 3.84. The van der Waals surface area contributed by atoms with E-state index in [4.69, 9.17) is 0 Å². The topological polar surface area (TPSA) is 85.8 Å². The molecule has 0 aliphatic carbocycles. The third-order valence-electron chi connectivity index (χ3n) is 3.44. The smallest absolute Gasteiger partial charge is 0.226 e. The van der Waals surface area contributed by atoms with Crippen molar-refractivity contribution in [3.63, 3.8) is 0 Å². The van der Waals surface area contributed by atoms with Crippen LogP contribution in [0.2, 0.25) is 0 Å². The second-order valence-electron chi connectivity index (χ2n) is 5.28. The lowest BCUT2D eigenvalue weighted by molar-refractivity contribution is -0.120. The number of nitrogens with zero attached hydrogens (tertiary/aromatic N) is 4. The van der Waals surface area contributed by atoms with Crippen molar-refractivity contribution in [2.24, 2.45) is 0 Å². The molecule has 0 atom stereocenters. The zero-order valence-corrected chi connectivity index (χ0v) is 12.8. The molecule has 0 aliphatic rings. The van der Waals surface area contributed by atoms with E-state index < -0.39 is 0 Å². The third kappa shape index (κ3) is 4.03. The molecule has 23 heavy (non-hydrogen) atoms. The molecule has 7 nitrogen and oxygen atoms in total. The van der Waals surface area contributed by atoms with Crippen molar-refractivity contribution < 1.29 is 9.42 Å².